The third-order valence-corrected chi connectivity index (χ3v) is 2.47. The van der Waals surface area contributed by atoms with Crippen molar-refractivity contribution in [3.8, 4) is 5.75 Å². The largest absolute Gasteiger partial charge is 0.494 e. The molecule has 0 aliphatic heterocycles. The van der Waals surface area contributed by atoms with Crippen molar-refractivity contribution in [2.24, 2.45) is 5.73 Å². The van der Waals surface area contributed by atoms with Gasteiger partial charge in [-0.05, 0) is 31.0 Å². The number of hydrogen-bond donors (Lipinski definition) is 1. The van der Waals surface area contributed by atoms with E-state index in [9.17, 15) is 0 Å². The van der Waals surface area contributed by atoms with Gasteiger partial charge in [0.2, 0.25) is 0 Å². The highest BCUT2D eigenvalue weighted by Crippen LogP contribution is 2.21. The molecule has 0 spiro atoms. The van der Waals surface area contributed by atoms with E-state index in [0.717, 1.165) is 12.2 Å². The van der Waals surface area contributed by atoms with E-state index in [4.69, 9.17) is 10.5 Å². The first-order chi connectivity index (χ1) is 7.27. The van der Waals surface area contributed by atoms with Crippen LogP contribution in [0.5, 0.6) is 5.75 Å². The zero-order valence-electron chi connectivity index (χ0n) is 9.70. The molecule has 15 heavy (non-hydrogen) atoms. The van der Waals surface area contributed by atoms with Gasteiger partial charge in [0.1, 0.15) is 5.75 Å². The summed E-state index contributed by atoms with van der Waals surface area (Å²) in [6, 6.07) is 8.24. The second-order valence-electron chi connectivity index (χ2n) is 3.75. The van der Waals surface area contributed by atoms with Crippen LogP contribution in [0.2, 0.25) is 0 Å². The zero-order valence-corrected chi connectivity index (χ0v) is 9.70. The third kappa shape index (κ3) is 3.92. The molecular formula is C13H21NO. The first kappa shape index (κ1) is 12.1. The summed E-state index contributed by atoms with van der Waals surface area (Å²) in [6.07, 6.45) is 3.42. The van der Waals surface area contributed by atoms with Crippen LogP contribution in [0.3, 0.4) is 0 Å². The summed E-state index contributed by atoms with van der Waals surface area (Å²) in [5.41, 5.74) is 7.27. The minimum absolute atomic E-state index is 0.144. The van der Waals surface area contributed by atoms with Crippen molar-refractivity contribution >= 4 is 0 Å². The van der Waals surface area contributed by atoms with Crippen molar-refractivity contribution in [1.82, 2.24) is 0 Å². The number of nitrogens with two attached hydrogens (primary N) is 1. The lowest BCUT2D eigenvalue weighted by atomic mass is 10.0. The number of hydrogen-bond acceptors (Lipinski definition) is 2. The van der Waals surface area contributed by atoms with Crippen molar-refractivity contribution in [3.05, 3.63) is 29.8 Å². The maximum Gasteiger partial charge on any atom is 0.119 e. The highest BCUT2D eigenvalue weighted by atomic mass is 16.5. The molecule has 0 saturated carbocycles. The van der Waals surface area contributed by atoms with E-state index in [1.54, 1.807) is 0 Å². The lowest BCUT2D eigenvalue weighted by molar-refractivity contribution is 0.339. The van der Waals surface area contributed by atoms with Gasteiger partial charge in [0.15, 0.2) is 0 Å². The van der Waals surface area contributed by atoms with E-state index in [0.29, 0.717) is 6.61 Å². The molecule has 84 valence electrons. The van der Waals surface area contributed by atoms with Crippen molar-refractivity contribution in [2.45, 2.75) is 39.2 Å². The Morgan fingerprint density at radius 2 is 2.13 bits per heavy atom. The minimum Gasteiger partial charge on any atom is -0.494 e. The maximum atomic E-state index is 6.09. The standard InChI is InChI=1S/C13H21NO/c1-3-5-9-13(14)11-7-6-8-12(10-11)15-4-2/h6-8,10,13H,3-5,9,14H2,1-2H3/t13-/m0/s1. The van der Waals surface area contributed by atoms with Crippen molar-refractivity contribution in [3.63, 3.8) is 0 Å². The van der Waals surface area contributed by atoms with E-state index >= 15 is 0 Å². The lowest BCUT2D eigenvalue weighted by Crippen LogP contribution is -2.10. The molecule has 0 saturated heterocycles. The highest BCUT2D eigenvalue weighted by molar-refractivity contribution is 5.30. The van der Waals surface area contributed by atoms with Crippen LogP contribution < -0.4 is 10.5 Å². The lowest BCUT2D eigenvalue weighted by Gasteiger charge is -2.12. The Bertz CT molecular complexity index is 286. The van der Waals surface area contributed by atoms with Gasteiger partial charge < -0.3 is 10.5 Å². The Kier molecular flexibility index (Phi) is 5.19. The molecule has 0 aliphatic carbocycles. The van der Waals surface area contributed by atoms with Crippen LogP contribution in [0.15, 0.2) is 24.3 Å². The normalized spacial score (nSPS) is 12.5. The van der Waals surface area contributed by atoms with E-state index < -0.39 is 0 Å². The Morgan fingerprint density at radius 1 is 1.33 bits per heavy atom. The maximum absolute atomic E-state index is 6.09. The van der Waals surface area contributed by atoms with Gasteiger partial charge in [-0.3, -0.25) is 0 Å². The summed E-state index contributed by atoms with van der Waals surface area (Å²) in [7, 11) is 0. The van der Waals surface area contributed by atoms with Gasteiger partial charge in [-0.15, -0.1) is 0 Å². The van der Waals surface area contributed by atoms with E-state index in [1.165, 1.54) is 18.4 Å². The molecule has 1 rings (SSSR count). The molecule has 0 aromatic heterocycles. The molecule has 0 amide bonds. The molecule has 0 heterocycles. The predicted molar refractivity (Wildman–Crippen MR) is 64.1 cm³/mol. The van der Waals surface area contributed by atoms with Crippen LogP contribution in [-0.2, 0) is 0 Å². The molecule has 0 aliphatic rings. The second-order valence-corrected chi connectivity index (χ2v) is 3.75. The van der Waals surface area contributed by atoms with Gasteiger partial charge in [0, 0.05) is 6.04 Å². The van der Waals surface area contributed by atoms with Gasteiger partial charge in [0.25, 0.3) is 0 Å². The predicted octanol–water partition coefficient (Wildman–Crippen LogP) is 3.28. The van der Waals surface area contributed by atoms with Gasteiger partial charge in [-0.2, -0.15) is 0 Å². The molecule has 2 heteroatoms. The number of ether oxygens (including phenoxy) is 1. The van der Waals surface area contributed by atoms with Gasteiger partial charge in [-0.25, -0.2) is 0 Å². The number of unbranched alkanes of at least 4 members (excludes halogenated alkanes) is 1. The summed E-state index contributed by atoms with van der Waals surface area (Å²) >= 11 is 0. The average Bonchev–Trinajstić information content (AvgIpc) is 2.27. The van der Waals surface area contributed by atoms with Crippen LogP contribution in [0.4, 0.5) is 0 Å². The second kappa shape index (κ2) is 6.46. The van der Waals surface area contributed by atoms with Crippen molar-refractivity contribution < 1.29 is 4.74 Å². The fourth-order valence-corrected chi connectivity index (χ4v) is 1.59. The Balaban J connectivity index is 2.62. The summed E-state index contributed by atoms with van der Waals surface area (Å²) in [6.45, 7) is 4.88. The average molecular weight is 207 g/mol. The molecule has 0 bridgehead atoms. The topological polar surface area (TPSA) is 35.2 Å². The SMILES string of the molecule is CCCC[C@H](N)c1cccc(OCC)c1. The molecule has 1 aromatic rings. The van der Waals surface area contributed by atoms with Crippen molar-refractivity contribution in [1.29, 1.82) is 0 Å². The van der Waals surface area contributed by atoms with E-state index in [2.05, 4.69) is 13.0 Å². The van der Waals surface area contributed by atoms with Crippen LogP contribution >= 0.6 is 0 Å². The first-order valence-corrected chi connectivity index (χ1v) is 5.76. The van der Waals surface area contributed by atoms with Gasteiger partial charge in [-0.1, -0.05) is 31.9 Å². The number of benzene rings is 1. The number of rotatable bonds is 6. The molecule has 1 atom stereocenters. The molecule has 2 nitrogen and oxygen atoms in total. The van der Waals surface area contributed by atoms with Gasteiger partial charge in [0.05, 0.1) is 6.61 Å². The quantitative estimate of drug-likeness (QED) is 0.777. The van der Waals surface area contributed by atoms with E-state index in [1.807, 2.05) is 25.1 Å². The summed E-state index contributed by atoms with van der Waals surface area (Å²) < 4.78 is 5.45. The summed E-state index contributed by atoms with van der Waals surface area (Å²) in [5.74, 6) is 0.918. The fourth-order valence-electron chi connectivity index (χ4n) is 1.59. The summed E-state index contributed by atoms with van der Waals surface area (Å²) in [4.78, 5) is 0. The van der Waals surface area contributed by atoms with Crippen LogP contribution in [0.1, 0.15) is 44.7 Å². The fraction of sp³-hybridized carbons (Fsp3) is 0.538. The molecule has 0 unspecified atom stereocenters. The third-order valence-electron chi connectivity index (χ3n) is 2.47. The van der Waals surface area contributed by atoms with Gasteiger partial charge >= 0.3 is 0 Å². The van der Waals surface area contributed by atoms with Crippen LogP contribution in [-0.4, -0.2) is 6.61 Å². The molecular weight excluding hydrogens is 186 g/mol. The minimum atomic E-state index is 0.144. The highest BCUT2D eigenvalue weighted by Gasteiger charge is 2.05. The molecule has 0 fully saturated rings. The van der Waals surface area contributed by atoms with Crippen LogP contribution in [0, 0.1) is 0 Å². The Morgan fingerprint density at radius 3 is 2.80 bits per heavy atom. The Labute approximate surface area is 92.4 Å². The molecule has 0 radical (unpaired) electrons. The zero-order chi connectivity index (χ0) is 11.1. The summed E-state index contributed by atoms with van der Waals surface area (Å²) in [5, 5.41) is 0. The Hall–Kier alpha value is -1.02. The first-order valence-electron chi connectivity index (χ1n) is 5.76. The van der Waals surface area contributed by atoms with E-state index in [-0.39, 0.29) is 6.04 Å². The van der Waals surface area contributed by atoms with Crippen molar-refractivity contribution in [2.75, 3.05) is 6.61 Å². The monoisotopic (exact) mass is 207 g/mol. The van der Waals surface area contributed by atoms with Crippen LogP contribution in [0.25, 0.3) is 0 Å². The molecule has 1 aromatic carbocycles. The molecule has 2 N–H and O–H groups in total. The smallest absolute Gasteiger partial charge is 0.119 e.